The maximum Gasteiger partial charge on any atom is 0.0208 e. The van der Waals surface area contributed by atoms with E-state index in [1.165, 1.54) is 5.56 Å². The molecule has 0 fully saturated rings. The summed E-state index contributed by atoms with van der Waals surface area (Å²) < 4.78 is 0. The van der Waals surface area contributed by atoms with Gasteiger partial charge in [-0.2, -0.15) is 0 Å². The monoisotopic (exact) mass is 235 g/mol. The van der Waals surface area contributed by atoms with E-state index >= 15 is 0 Å². The molecule has 1 aromatic carbocycles. The molecule has 0 aliphatic heterocycles. The molecule has 1 atom stereocenters. The van der Waals surface area contributed by atoms with Crippen molar-refractivity contribution in [2.24, 2.45) is 5.73 Å². The van der Waals surface area contributed by atoms with Crippen LogP contribution in [0.1, 0.15) is 5.56 Å². The largest absolute Gasteiger partial charge is 0.326 e. The fraction of sp³-hybridized carbons (Fsp3) is 0.571. The van der Waals surface area contributed by atoms with Gasteiger partial charge < -0.3 is 15.5 Å². The van der Waals surface area contributed by atoms with Crippen LogP contribution in [0.2, 0.25) is 0 Å². The first-order chi connectivity index (χ1) is 8.08. The van der Waals surface area contributed by atoms with E-state index in [0.29, 0.717) is 0 Å². The Morgan fingerprint density at radius 2 is 1.71 bits per heavy atom. The molecule has 0 aliphatic carbocycles. The summed E-state index contributed by atoms with van der Waals surface area (Å²) in [7, 11) is 6.32. The summed E-state index contributed by atoms with van der Waals surface area (Å²) in [6, 6.07) is 10.7. The van der Waals surface area contributed by atoms with Crippen LogP contribution in [-0.4, -0.2) is 56.6 Å². The summed E-state index contributed by atoms with van der Waals surface area (Å²) in [6.45, 7) is 3.09. The molecule has 0 saturated carbocycles. The summed E-state index contributed by atoms with van der Waals surface area (Å²) in [5, 5.41) is 0. The molecular weight excluding hydrogens is 210 g/mol. The minimum Gasteiger partial charge on any atom is -0.326 e. The van der Waals surface area contributed by atoms with Gasteiger partial charge in [-0.1, -0.05) is 30.3 Å². The quantitative estimate of drug-likeness (QED) is 0.767. The van der Waals surface area contributed by atoms with Crippen LogP contribution in [0.4, 0.5) is 0 Å². The van der Waals surface area contributed by atoms with Crippen molar-refractivity contribution in [3.05, 3.63) is 35.9 Å². The minimum atomic E-state index is 0.213. The van der Waals surface area contributed by atoms with Crippen molar-refractivity contribution in [2.45, 2.75) is 12.5 Å². The van der Waals surface area contributed by atoms with Crippen LogP contribution in [-0.2, 0) is 6.42 Å². The second kappa shape index (κ2) is 7.43. The fourth-order valence-corrected chi connectivity index (χ4v) is 1.84. The number of nitrogens with two attached hydrogens (primary N) is 1. The topological polar surface area (TPSA) is 32.5 Å². The Bertz CT molecular complexity index is 298. The van der Waals surface area contributed by atoms with E-state index in [-0.39, 0.29) is 6.04 Å². The summed E-state index contributed by atoms with van der Waals surface area (Å²) in [6.07, 6.45) is 0.952. The van der Waals surface area contributed by atoms with E-state index in [2.05, 4.69) is 55.2 Å². The van der Waals surface area contributed by atoms with Crippen molar-refractivity contribution < 1.29 is 0 Å². The van der Waals surface area contributed by atoms with Gasteiger partial charge in [0.05, 0.1) is 0 Å². The van der Waals surface area contributed by atoms with Crippen molar-refractivity contribution in [1.82, 2.24) is 9.80 Å². The highest BCUT2D eigenvalue weighted by atomic mass is 15.2. The van der Waals surface area contributed by atoms with Gasteiger partial charge in [-0.15, -0.1) is 0 Å². The molecule has 3 nitrogen and oxygen atoms in total. The SMILES string of the molecule is CN(C)CCN(C)CC(N)Cc1ccccc1. The predicted octanol–water partition coefficient (Wildman–Crippen LogP) is 1.05. The second-order valence-corrected chi connectivity index (χ2v) is 5.02. The highest BCUT2D eigenvalue weighted by Gasteiger charge is 2.07. The van der Waals surface area contributed by atoms with Crippen LogP contribution in [0.3, 0.4) is 0 Å². The van der Waals surface area contributed by atoms with Crippen LogP contribution >= 0.6 is 0 Å². The summed E-state index contributed by atoms with van der Waals surface area (Å²) in [5.41, 5.74) is 7.48. The molecule has 2 N–H and O–H groups in total. The summed E-state index contributed by atoms with van der Waals surface area (Å²) in [5.74, 6) is 0. The van der Waals surface area contributed by atoms with Gasteiger partial charge in [0.2, 0.25) is 0 Å². The molecule has 0 aromatic heterocycles. The van der Waals surface area contributed by atoms with Crippen LogP contribution in [0.5, 0.6) is 0 Å². The molecule has 3 heteroatoms. The molecule has 0 aliphatic rings. The molecular formula is C14H25N3. The lowest BCUT2D eigenvalue weighted by atomic mass is 10.1. The second-order valence-electron chi connectivity index (χ2n) is 5.02. The lowest BCUT2D eigenvalue weighted by Gasteiger charge is -2.22. The van der Waals surface area contributed by atoms with E-state index in [9.17, 15) is 0 Å². The third-order valence-corrected chi connectivity index (χ3v) is 2.82. The van der Waals surface area contributed by atoms with E-state index in [1.807, 2.05) is 6.07 Å². The van der Waals surface area contributed by atoms with Crippen molar-refractivity contribution in [3.8, 4) is 0 Å². The lowest BCUT2D eigenvalue weighted by Crippen LogP contribution is -2.39. The van der Waals surface area contributed by atoms with Gasteiger partial charge >= 0.3 is 0 Å². The molecule has 0 saturated heterocycles. The van der Waals surface area contributed by atoms with Crippen molar-refractivity contribution in [1.29, 1.82) is 0 Å². The fourth-order valence-electron chi connectivity index (χ4n) is 1.84. The number of likely N-dealkylation sites (N-methyl/N-ethyl adjacent to an activating group) is 2. The average molecular weight is 235 g/mol. The molecule has 0 heterocycles. The van der Waals surface area contributed by atoms with Gasteiger partial charge in [-0.3, -0.25) is 0 Å². The number of nitrogens with zero attached hydrogens (tertiary/aromatic N) is 2. The molecule has 0 radical (unpaired) electrons. The summed E-state index contributed by atoms with van der Waals surface area (Å²) in [4.78, 5) is 4.49. The average Bonchev–Trinajstić information content (AvgIpc) is 2.27. The number of benzene rings is 1. The van der Waals surface area contributed by atoms with Crippen LogP contribution < -0.4 is 5.73 Å². The molecule has 0 bridgehead atoms. The Labute approximate surface area is 105 Å². The van der Waals surface area contributed by atoms with Crippen LogP contribution in [0.25, 0.3) is 0 Å². The van der Waals surface area contributed by atoms with Gasteiger partial charge in [0.1, 0.15) is 0 Å². The molecule has 1 rings (SSSR count). The zero-order valence-corrected chi connectivity index (χ0v) is 11.3. The van der Waals surface area contributed by atoms with Gasteiger partial charge in [0, 0.05) is 25.7 Å². The number of hydrogen-bond acceptors (Lipinski definition) is 3. The highest BCUT2D eigenvalue weighted by Crippen LogP contribution is 2.02. The van der Waals surface area contributed by atoms with Crippen LogP contribution in [0, 0.1) is 0 Å². The van der Waals surface area contributed by atoms with Gasteiger partial charge in [-0.05, 0) is 33.1 Å². The third kappa shape index (κ3) is 6.41. The van der Waals surface area contributed by atoms with Crippen molar-refractivity contribution >= 4 is 0 Å². The van der Waals surface area contributed by atoms with E-state index in [1.54, 1.807) is 0 Å². The van der Waals surface area contributed by atoms with Gasteiger partial charge in [0.15, 0.2) is 0 Å². The van der Waals surface area contributed by atoms with Crippen molar-refractivity contribution in [3.63, 3.8) is 0 Å². The Balaban J connectivity index is 2.27. The Morgan fingerprint density at radius 3 is 2.29 bits per heavy atom. The molecule has 1 aromatic rings. The Morgan fingerprint density at radius 1 is 1.06 bits per heavy atom. The third-order valence-electron chi connectivity index (χ3n) is 2.82. The van der Waals surface area contributed by atoms with E-state index in [0.717, 1.165) is 26.1 Å². The van der Waals surface area contributed by atoms with E-state index in [4.69, 9.17) is 5.73 Å². The smallest absolute Gasteiger partial charge is 0.0208 e. The summed E-state index contributed by atoms with van der Waals surface area (Å²) >= 11 is 0. The maximum atomic E-state index is 6.16. The van der Waals surface area contributed by atoms with Crippen LogP contribution in [0.15, 0.2) is 30.3 Å². The Kier molecular flexibility index (Phi) is 6.19. The van der Waals surface area contributed by atoms with Gasteiger partial charge in [-0.25, -0.2) is 0 Å². The molecule has 17 heavy (non-hydrogen) atoms. The molecule has 1 unspecified atom stereocenters. The molecule has 96 valence electrons. The zero-order chi connectivity index (χ0) is 12.7. The zero-order valence-electron chi connectivity index (χ0n) is 11.3. The number of hydrogen-bond donors (Lipinski definition) is 1. The molecule has 0 spiro atoms. The maximum absolute atomic E-state index is 6.16. The lowest BCUT2D eigenvalue weighted by molar-refractivity contribution is 0.268. The first kappa shape index (κ1) is 14.2. The first-order valence-electron chi connectivity index (χ1n) is 6.20. The van der Waals surface area contributed by atoms with Gasteiger partial charge in [0.25, 0.3) is 0 Å². The Hall–Kier alpha value is -0.900. The molecule has 0 amide bonds. The number of rotatable bonds is 7. The predicted molar refractivity (Wildman–Crippen MR) is 74.2 cm³/mol. The minimum absolute atomic E-state index is 0.213. The normalized spacial score (nSPS) is 13.3. The van der Waals surface area contributed by atoms with E-state index < -0.39 is 0 Å². The highest BCUT2D eigenvalue weighted by molar-refractivity contribution is 5.15. The van der Waals surface area contributed by atoms with Crippen molar-refractivity contribution in [2.75, 3.05) is 40.8 Å². The standard InChI is InChI=1S/C14H25N3/c1-16(2)9-10-17(3)12-14(15)11-13-7-5-4-6-8-13/h4-8,14H,9-12,15H2,1-3H3. The first-order valence-corrected chi connectivity index (χ1v) is 6.20.